The summed E-state index contributed by atoms with van der Waals surface area (Å²) in [4.78, 5) is 4.52. The van der Waals surface area contributed by atoms with E-state index in [1.54, 1.807) is 0 Å². The predicted molar refractivity (Wildman–Crippen MR) is 78.7 cm³/mol. The van der Waals surface area contributed by atoms with Crippen molar-refractivity contribution in [3.8, 4) is 5.88 Å². The Balaban J connectivity index is 1.93. The van der Waals surface area contributed by atoms with E-state index in [9.17, 15) is 0 Å². The van der Waals surface area contributed by atoms with Crippen molar-refractivity contribution < 1.29 is 4.74 Å². The monoisotopic (exact) mass is 282 g/mol. The van der Waals surface area contributed by atoms with Crippen molar-refractivity contribution in [3.63, 3.8) is 0 Å². The maximum atomic E-state index is 6.17. The molecular weight excluding hydrogens is 260 g/mol. The van der Waals surface area contributed by atoms with Gasteiger partial charge in [-0.3, -0.25) is 0 Å². The molecule has 3 nitrogen and oxygen atoms in total. The molecule has 1 N–H and O–H groups in total. The lowest BCUT2D eigenvalue weighted by molar-refractivity contribution is 0.201. The zero-order valence-electron chi connectivity index (χ0n) is 11.8. The van der Waals surface area contributed by atoms with Crippen molar-refractivity contribution in [2.45, 2.75) is 52.2 Å². The molecule has 1 heterocycles. The molecule has 0 aromatic carbocycles. The Morgan fingerprint density at radius 3 is 2.79 bits per heavy atom. The molecule has 1 aromatic rings. The molecule has 1 saturated carbocycles. The van der Waals surface area contributed by atoms with Crippen LogP contribution in [-0.4, -0.2) is 17.6 Å². The van der Waals surface area contributed by atoms with Crippen LogP contribution in [0.3, 0.4) is 0 Å². The van der Waals surface area contributed by atoms with Crippen LogP contribution in [0.2, 0.25) is 5.02 Å². The smallest absolute Gasteiger partial charge is 0.213 e. The van der Waals surface area contributed by atoms with E-state index in [0.29, 0.717) is 29.5 Å². The van der Waals surface area contributed by atoms with Gasteiger partial charge in [-0.2, -0.15) is 0 Å². The predicted octanol–water partition coefficient (Wildman–Crippen LogP) is 3.80. The van der Waals surface area contributed by atoms with Crippen LogP contribution < -0.4 is 10.1 Å². The van der Waals surface area contributed by atoms with Gasteiger partial charge in [0.05, 0.1) is 10.7 Å². The van der Waals surface area contributed by atoms with Crippen molar-refractivity contribution in [3.05, 3.63) is 22.8 Å². The van der Waals surface area contributed by atoms with Gasteiger partial charge in [-0.15, -0.1) is 0 Å². The lowest BCUT2D eigenvalue weighted by atomic mass is 10.2. The van der Waals surface area contributed by atoms with Crippen LogP contribution in [0.4, 0.5) is 0 Å². The normalized spacial score (nSPS) is 16.2. The standard InChI is InChI=1S/C15H23ClN2O/c1-11(2)9-17-10-14-13(16)7-8-15(18-14)19-12-5-3-4-6-12/h7-8,11-12,17H,3-6,9-10H2,1-2H3. The fourth-order valence-corrected chi connectivity index (χ4v) is 2.48. The SMILES string of the molecule is CC(C)CNCc1nc(OC2CCCC2)ccc1Cl. The summed E-state index contributed by atoms with van der Waals surface area (Å²) in [5.74, 6) is 1.33. The average Bonchev–Trinajstić information content (AvgIpc) is 2.85. The Bertz CT molecular complexity index is 403. The van der Waals surface area contributed by atoms with E-state index in [1.165, 1.54) is 12.8 Å². The lowest BCUT2D eigenvalue weighted by Gasteiger charge is -2.14. The van der Waals surface area contributed by atoms with Gasteiger partial charge >= 0.3 is 0 Å². The molecule has 1 fully saturated rings. The van der Waals surface area contributed by atoms with Gasteiger partial charge in [0.2, 0.25) is 5.88 Å². The van der Waals surface area contributed by atoms with Crippen molar-refractivity contribution in [1.29, 1.82) is 0 Å². The highest BCUT2D eigenvalue weighted by Crippen LogP contribution is 2.24. The summed E-state index contributed by atoms with van der Waals surface area (Å²) < 4.78 is 5.90. The number of hydrogen-bond acceptors (Lipinski definition) is 3. The number of aromatic nitrogens is 1. The summed E-state index contributed by atoms with van der Waals surface area (Å²) in [6, 6.07) is 3.75. The summed E-state index contributed by atoms with van der Waals surface area (Å²) in [6.45, 7) is 6.02. The molecule has 0 radical (unpaired) electrons. The Hall–Kier alpha value is -0.800. The Labute approximate surface area is 120 Å². The fraction of sp³-hybridized carbons (Fsp3) is 0.667. The highest BCUT2D eigenvalue weighted by atomic mass is 35.5. The van der Waals surface area contributed by atoms with Crippen LogP contribution in [-0.2, 0) is 6.54 Å². The van der Waals surface area contributed by atoms with Gasteiger partial charge in [-0.1, -0.05) is 25.4 Å². The molecule has 0 aliphatic heterocycles. The maximum absolute atomic E-state index is 6.17. The molecular formula is C15H23ClN2O. The molecule has 4 heteroatoms. The minimum atomic E-state index is 0.338. The number of rotatable bonds is 6. The van der Waals surface area contributed by atoms with E-state index in [4.69, 9.17) is 16.3 Å². The van der Waals surface area contributed by atoms with E-state index >= 15 is 0 Å². The molecule has 2 rings (SSSR count). The van der Waals surface area contributed by atoms with Crippen LogP contribution >= 0.6 is 11.6 Å². The fourth-order valence-electron chi connectivity index (χ4n) is 2.31. The number of halogens is 1. The molecule has 1 aliphatic carbocycles. The zero-order chi connectivity index (χ0) is 13.7. The van der Waals surface area contributed by atoms with E-state index in [0.717, 1.165) is 25.1 Å². The van der Waals surface area contributed by atoms with E-state index in [2.05, 4.69) is 24.1 Å². The molecule has 1 aromatic heterocycles. The molecule has 0 amide bonds. The van der Waals surface area contributed by atoms with Crippen LogP contribution in [0.15, 0.2) is 12.1 Å². The largest absolute Gasteiger partial charge is 0.474 e. The minimum Gasteiger partial charge on any atom is -0.474 e. The lowest BCUT2D eigenvalue weighted by Crippen LogP contribution is -2.20. The Morgan fingerprint density at radius 2 is 2.11 bits per heavy atom. The summed E-state index contributed by atoms with van der Waals surface area (Å²) in [6.07, 6.45) is 5.16. The molecule has 1 aliphatic rings. The van der Waals surface area contributed by atoms with E-state index in [-0.39, 0.29) is 0 Å². The van der Waals surface area contributed by atoms with Gasteiger partial charge in [0.25, 0.3) is 0 Å². The molecule has 0 unspecified atom stereocenters. The van der Waals surface area contributed by atoms with Gasteiger partial charge in [0, 0.05) is 12.6 Å². The third kappa shape index (κ3) is 4.66. The van der Waals surface area contributed by atoms with Crippen molar-refractivity contribution in [1.82, 2.24) is 10.3 Å². The zero-order valence-corrected chi connectivity index (χ0v) is 12.5. The number of hydrogen-bond donors (Lipinski definition) is 1. The van der Waals surface area contributed by atoms with E-state index in [1.807, 2.05) is 12.1 Å². The van der Waals surface area contributed by atoms with Gasteiger partial charge in [-0.25, -0.2) is 4.98 Å². The van der Waals surface area contributed by atoms with Crippen LogP contribution in [0, 0.1) is 5.92 Å². The first kappa shape index (κ1) is 14.6. The van der Waals surface area contributed by atoms with Gasteiger partial charge < -0.3 is 10.1 Å². The molecule has 19 heavy (non-hydrogen) atoms. The summed E-state index contributed by atoms with van der Waals surface area (Å²) >= 11 is 6.17. The number of pyridine rings is 1. The van der Waals surface area contributed by atoms with Crippen LogP contribution in [0.25, 0.3) is 0 Å². The second-order valence-electron chi connectivity index (χ2n) is 5.63. The Kier molecular flexibility index (Phi) is 5.46. The highest BCUT2D eigenvalue weighted by Gasteiger charge is 2.17. The summed E-state index contributed by atoms with van der Waals surface area (Å²) in [7, 11) is 0. The van der Waals surface area contributed by atoms with Crippen molar-refractivity contribution >= 4 is 11.6 Å². The third-order valence-corrected chi connectivity index (χ3v) is 3.67. The molecule has 0 bridgehead atoms. The Morgan fingerprint density at radius 1 is 1.37 bits per heavy atom. The third-order valence-electron chi connectivity index (χ3n) is 3.33. The quantitative estimate of drug-likeness (QED) is 0.862. The highest BCUT2D eigenvalue weighted by molar-refractivity contribution is 6.31. The first-order valence-corrected chi connectivity index (χ1v) is 7.55. The van der Waals surface area contributed by atoms with Crippen molar-refractivity contribution in [2.75, 3.05) is 6.54 Å². The van der Waals surface area contributed by atoms with Crippen LogP contribution in [0.1, 0.15) is 45.2 Å². The van der Waals surface area contributed by atoms with Gasteiger partial charge in [0.1, 0.15) is 6.10 Å². The maximum Gasteiger partial charge on any atom is 0.213 e. The molecule has 0 saturated heterocycles. The van der Waals surface area contributed by atoms with Crippen molar-refractivity contribution in [2.24, 2.45) is 5.92 Å². The first-order valence-electron chi connectivity index (χ1n) is 7.18. The van der Waals surface area contributed by atoms with Gasteiger partial charge in [0.15, 0.2) is 0 Å². The number of nitrogens with zero attached hydrogens (tertiary/aromatic N) is 1. The summed E-state index contributed by atoms with van der Waals surface area (Å²) in [5, 5.41) is 4.06. The van der Waals surface area contributed by atoms with E-state index < -0.39 is 0 Å². The second-order valence-corrected chi connectivity index (χ2v) is 6.03. The number of nitrogens with one attached hydrogen (secondary N) is 1. The molecule has 0 atom stereocenters. The first-order chi connectivity index (χ1) is 9.15. The summed E-state index contributed by atoms with van der Waals surface area (Å²) in [5.41, 5.74) is 0.873. The topological polar surface area (TPSA) is 34.2 Å². The van der Waals surface area contributed by atoms with Gasteiger partial charge in [-0.05, 0) is 44.2 Å². The molecule has 106 valence electrons. The second kappa shape index (κ2) is 7.11. The number of ether oxygens (including phenoxy) is 1. The minimum absolute atomic E-state index is 0.338. The average molecular weight is 283 g/mol. The molecule has 0 spiro atoms. The van der Waals surface area contributed by atoms with Crippen LogP contribution in [0.5, 0.6) is 5.88 Å².